The molecule has 1 aliphatic heterocycles. The molecule has 144 valence electrons. The first-order valence-corrected chi connectivity index (χ1v) is 9.93. The maximum absolute atomic E-state index is 11.9. The molecule has 0 bridgehead atoms. The third-order valence-electron chi connectivity index (χ3n) is 5.10. The number of carbonyl (C=O) groups is 1. The first-order chi connectivity index (χ1) is 13.7. The normalized spacial score (nSPS) is 15.0. The van der Waals surface area contributed by atoms with Crippen molar-refractivity contribution < 1.29 is 9.53 Å². The number of anilines is 1. The summed E-state index contributed by atoms with van der Waals surface area (Å²) in [7, 11) is 0. The predicted molar refractivity (Wildman–Crippen MR) is 114 cm³/mol. The summed E-state index contributed by atoms with van der Waals surface area (Å²) in [6, 6.07) is 9.94. The molecule has 0 amide bonds. The van der Waals surface area contributed by atoms with Gasteiger partial charge in [0.05, 0.1) is 29.2 Å². The van der Waals surface area contributed by atoms with Gasteiger partial charge in [0.15, 0.2) is 5.11 Å². The van der Waals surface area contributed by atoms with Gasteiger partial charge >= 0.3 is 5.97 Å². The zero-order chi connectivity index (χ0) is 19.5. The molecule has 4 rings (SSSR count). The topological polar surface area (TPSA) is 67.3 Å². The van der Waals surface area contributed by atoms with Gasteiger partial charge in [-0.25, -0.2) is 0 Å². The van der Waals surface area contributed by atoms with Crippen LogP contribution in [0.25, 0.3) is 21.8 Å². The zero-order valence-electron chi connectivity index (χ0n) is 15.7. The van der Waals surface area contributed by atoms with E-state index in [0.717, 1.165) is 53.4 Å². The molecule has 28 heavy (non-hydrogen) atoms. The van der Waals surface area contributed by atoms with Crippen molar-refractivity contribution in [3.8, 4) is 0 Å². The third-order valence-corrected chi connectivity index (χ3v) is 5.46. The van der Waals surface area contributed by atoms with Crippen LogP contribution in [0, 0.1) is 5.92 Å². The molecule has 0 saturated carbocycles. The summed E-state index contributed by atoms with van der Waals surface area (Å²) < 4.78 is 5.14. The minimum atomic E-state index is -0.0988. The van der Waals surface area contributed by atoms with Crippen molar-refractivity contribution in [2.75, 3.05) is 25.0 Å². The minimum Gasteiger partial charge on any atom is -0.466 e. The number of esters is 1. The van der Waals surface area contributed by atoms with Crippen molar-refractivity contribution in [2.45, 2.75) is 19.8 Å². The first-order valence-electron chi connectivity index (χ1n) is 9.52. The molecule has 3 aromatic rings. The molecule has 1 aliphatic rings. The van der Waals surface area contributed by atoms with Crippen LogP contribution < -0.4 is 5.32 Å². The van der Waals surface area contributed by atoms with Gasteiger partial charge in [-0.2, -0.15) is 0 Å². The maximum atomic E-state index is 11.9. The fourth-order valence-corrected chi connectivity index (χ4v) is 3.95. The Bertz CT molecular complexity index is 1030. The van der Waals surface area contributed by atoms with E-state index in [4.69, 9.17) is 17.0 Å². The van der Waals surface area contributed by atoms with Crippen molar-refractivity contribution in [1.82, 2.24) is 14.9 Å². The van der Waals surface area contributed by atoms with E-state index in [1.165, 1.54) is 0 Å². The van der Waals surface area contributed by atoms with Crippen LogP contribution in [0.4, 0.5) is 5.69 Å². The number of piperidine rings is 1. The number of hydrogen-bond acceptors (Lipinski definition) is 5. The van der Waals surface area contributed by atoms with Crippen LogP contribution in [0.2, 0.25) is 0 Å². The van der Waals surface area contributed by atoms with Crippen LogP contribution in [-0.4, -0.2) is 45.6 Å². The lowest BCUT2D eigenvalue weighted by molar-refractivity contribution is -0.149. The summed E-state index contributed by atoms with van der Waals surface area (Å²) >= 11 is 5.65. The van der Waals surface area contributed by atoms with Gasteiger partial charge < -0.3 is 15.0 Å². The molecule has 1 saturated heterocycles. The summed E-state index contributed by atoms with van der Waals surface area (Å²) in [6.45, 7) is 3.73. The van der Waals surface area contributed by atoms with E-state index in [2.05, 4.69) is 20.2 Å². The molecule has 1 N–H and O–H groups in total. The van der Waals surface area contributed by atoms with Crippen LogP contribution >= 0.6 is 12.2 Å². The lowest BCUT2D eigenvalue weighted by atomic mass is 9.97. The SMILES string of the molecule is CCOC(=O)C1CCN(C(=S)Nc2cc3cccnc3c3cccnc23)CC1. The van der Waals surface area contributed by atoms with Crippen LogP contribution in [0.5, 0.6) is 0 Å². The zero-order valence-corrected chi connectivity index (χ0v) is 16.5. The fraction of sp³-hybridized carbons (Fsp3) is 0.333. The molecule has 0 spiro atoms. The van der Waals surface area contributed by atoms with E-state index in [-0.39, 0.29) is 11.9 Å². The number of carbonyl (C=O) groups excluding carboxylic acids is 1. The van der Waals surface area contributed by atoms with Crippen molar-refractivity contribution in [2.24, 2.45) is 5.92 Å². The number of fused-ring (bicyclic) bond motifs is 3. The maximum Gasteiger partial charge on any atom is 0.309 e. The highest BCUT2D eigenvalue weighted by atomic mass is 32.1. The number of ether oxygens (including phenoxy) is 1. The van der Waals surface area contributed by atoms with Gasteiger partial charge in [-0.05, 0) is 56.2 Å². The van der Waals surface area contributed by atoms with Crippen LogP contribution in [0.1, 0.15) is 19.8 Å². The molecule has 6 nitrogen and oxygen atoms in total. The molecule has 1 aromatic carbocycles. The summed E-state index contributed by atoms with van der Waals surface area (Å²) in [5.74, 6) is -0.133. The average molecular weight is 395 g/mol. The minimum absolute atomic E-state index is 0.0340. The Kier molecular flexibility index (Phi) is 5.34. The molecular formula is C21H22N4O2S. The number of pyridine rings is 2. The lowest BCUT2D eigenvalue weighted by Crippen LogP contribution is -2.42. The van der Waals surface area contributed by atoms with Crippen molar-refractivity contribution in [3.05, 3.63) is 42.7 Å². The largest absolute Gasteiger partial charge is 0.466 e. The van der Waals surface area contributed by atoms with Crippen molar-refractivity contribution in [1.29, 1.82) is 0 Å². The fourth-order valence-electron chi connectivity index (χ4n) is 3.66. The highest BCUT2D eigenvalue weighted by molar-refractivity contribution is 7.80. The Morgan fingerprint density at radius 1 is 1.21 bits per heavy atom. The number of aromatic nitrogens is 2. The van der Waals surface area contributed by atoms with Gasteiger partial charge in [-0.3, -0.25) is 14.8 Å². The second kappa shape index (κ2) is 8.06. The van der Waals surface area contributed by atoms with Crippen molar-refractivity contribution in [3.63, 3.8) is 0 Å². The smallest absolute Gasteiger partial charge is 0.309 e. The van der Waals surface area contributed by atoms with E-state index < -0.39 is 0 Å². The average Bonchev–Trinajstić information content (AvgIpc) is 2.74. The number of thiocarbonyl (C=S) groups is 1. The second-order valence-electron chi connectivity index (χ2n) is 6.84. The number of benzene rings is 1. The summed E-state index contributed by atoms with van der Waals surface area (Å²) in [5, 5.41) is 6.05. The standard InChI is InChI=1S/C21H22N4O2S/c1-2-27-20(26)14-7-11-25(12-8-14)21(28)24-17-13-15-5-3-9-22-18(15)16-6-4-10-23-19(16)17/h3-6,9-10,13-14H,2,7-8,11-12H2,1H3,(H,24,28). The number of likely N-dealkylation sites (tertiary alicyclic amines) is 1. The van der Waals surface area contributed by atoms with E-state index in [1.54, 1.807) is 12.4 Å². The molecule has 7 heteroatoms. The highest BCUT2D eigenvalue weighted by Gasteiger charge is 2.27. The number of hydrogen-bond donors (Lipinski definition) is 1. The van der Waals surface area contributed by atoms with Gasteiger partial charge in [0.2, 0.25) is 0 Å². The monoisotopic (exact) mass is 394 g/mol. The van der Waals surface area contributed by atoms with Crippen molar-refractivity contribution >= 4 is 50.8 Å². The quantitative estimate of drug-likeness (QED) is 0.412. The van der Waals surface area contributed by atoms with Crippen LogP contribution in [0.15, 0.2) is 42.7 Å². The Balaban J connectivity index is 1.53. The van der Waals surface area contributed by atoms with Gasteiger partial charge in [-0.15, -0.1) is 0 Å². The van der Waals surface area contributed by atoms with Gasteiger partial charge in [0, 0.05) is 36.3 Å². The van der Waals surface area contributed by atoms with Gasteiger partial charge in [0.1, 0.15) is 0 Å². The Morgan fingerprint density at radius 2 is 1.93 bits per heavy atom. The van der Waals surface area contributed by atoms with Crippen LogP contribution in [-0.2, 0) is 9.53 Å². The van der Waals surface area contributed by atoms with E-state index >= 15 is 0 Å². The highest BCUT2D eigenvalue weighted by Crippen LogP contribution is 2.29. The molecular weight excluding hydrogens is 372 g/mol. The summed E-state index contributed by atoms with van der Waals surface area (Å²) in [6.07, 6.45) is 5.07. The van der Waals surface area contributed by atoms with Gasteiger partial charge in [0.25, 0.3) is 0 Å². The summed E-state index contributed by atoms with van der Waals surface area (Å²) in [5.41, 5.74) is 2.64. The van der Waals surface area contributed by atoms with Crippen LogP contribution in [0.3, 0.4) is 0 Å². The van der Waals surface area contributed by atoms with E-state index in [9.17, 15) is 4.79 Å². The summed E-state index contributed by atoms with van der Waals surface area (Å²) in [4.78, 5) is 23.1. The lowest BCUT2D eigenvalue weighted by Gasteiger charge is -2.33. The number of nitrogens with zero attached hydrogens (tertiary/aromatic N) is 3. The Morgan fingerprint density at radius 3 is 2.68 bits per heavy atom. The Hall–Kier alpha value is -2.80. The third kappa shape index (κ3) is 3.62. The molecule has 0 unspecified atom stereocenters. The number of rotatable bonds is 3. The first kappa shape index (κ1) is 18.6. The molecule has 2 aromatic heterocycles. The molecule has 1 fully saturated rings. The molecule has 3 heterocycles. The predicted octanol–water partition coefficient (Wildman–Crippen LogP) is 3.75. The molecule has 0 atom stereocenters. The second-order valence-corrected chi connectivity index (χ2v) is 7.23. The number of nitrogens with one attached hydrogen (secondary N) is 1. The van der Waals surface area contributed by atoms with Gasteiger partial charge in [-0.1, -0.05) is 6.07 Å². The van der Waals surface area contributed by atoms with E-state index in [0.29, 0.717) is 11.7 Å². The molecule has 0 aliphatic carbocycles. The Labute approximate surface area is 168 Å². The molecule has 0 radical (unpaired) electrons. The van der Waals surface area contributed by atoms with E-state index in [1.807, 2.05) is 37.3 Å².